The molecule has 22 heavy (non-hydrogen) atoms. The molecular weight excluding hydrogens is 280 g/mol. The van der Waals surface area contributed by atoms with Crippen molar-refractivity contribution >= 4 is 11.8 Å². The second kappa shape index (κ2) is 9.20. The molecule has 0 fully saturated rings. The first kappa shape index (κ1) is 18.2. The van der Waals surface area contributed by atoms with E-state index in [0.29, 0.717) is 31.8 Å². The molecule has 0 aliphatic carbocycles. The number of carbonyl (C=O) groups is 2. The summed E-state index contributed by atoms with van der Waals surface area (Å²) >= 11 is 0. The first-order chi connectivity index (χ1) is 10.5. The Morgan fingerprint density at radius 3 is 2.50 bits per heavy atom. The highest BCUT2D eigenvalue weighted by molar-refractivity contribution is 5.94. The maximum absolute atomic E-state index is 12.1. The number of hydrogen-bond acceptors (Lipinski definition) is 3. The summed E-state index contributed by atoms with van der Waals surface area (Å²) in [6.07, 6.45) is 0.793. The van der Waals surface area contributed by atoms with E-state index in [1.807, 2.05) is 32.0 Å². The quantitative estimate of drug-likeness (QED) is 0.747. The molecule has 2 amide bonds. The summed E-state index contributed by atoms with van der Waals surface area (Å²) in [6.45, 7) is 7.76. The molecule has 0 bridgehead atoms. The van der Waals surface area contributed by atoms with Gasteiger partial charge in [0.1, 0.15) is 0 Å². The molecule has 0 unspecified atom stereocenters. The van der Waals surface area contributed by atoms with E-state index in [-0.39, 0.29) is 11.8 Å². The molecule has 1 aromatic carbocycles. The lowest BCUT2D eigenvalue weighted by molar-refractivity contribution is -0.129. The van der Waals surface area contributed by atoms with Crippen molar-refractivity contribution in [2.75, 3.05) is 33.4 Å². The molecular formula is C17H26N2O3. The summed E-state index contributed by atoms with van der Waals surface area (Å²) in [5, 5.41) is 2.86. The van der Waals surface area contributed by atoms with E-state index in [4.69, 9.17) is 4.74 Å². The van der Waals surface area contributed by atoms with E-state index >= 15 is 0 Å². The number of hydrogen-bond donors (Lipinski definition) is 1. The van der Waals surface area contributed by atoms with Gasteiger partial charge in [-0.3, -0.25) is 9.59 Å². The van der Waals surface area contributed by atoms with E-state index in [1.165, 1.54) is 6.92 Å². The number of nitrogens with zero attached hydrogens (tertiary/aromatic N) is 1. The SMILES string of the molecule is COCCCN(CCNC(=O)c1ccc(C)c(C)c1)C(C)=O. The Morgan fingerprint density at radius 2 is 1.91 bits per heavy atom. The van der Waals surface area contributed by atoms with Crippen LogP contribution >= 0.6 is 0 Å². The van der Waals surface area contributed by atoms with Gasteiger partial charge >= 0.3 is 0 Å². The van der Waals surface area contributed by atoms with E-state index in [2.05, 4.69) is 5.32 Å². The van der Waals surface area contributed by atoms with Gasteiger partial charge in [-0.2, -0.15) is 0 Å². The highest BCUT2D eigenvalue weighted by Crippen LogP contribution is 2.09. The molecule has 1 rings (SSSR count). The van der Waals surface area contributed by atoms with Crippen molar-refractivity contribution < 1.29 is 14.3 Å². The zero-order chi connectivity index (χ0) is 16.5. The molecule has 0 radical (unpaired) electrons. The molecule has 0 aromatic heterocycles. The summed E-state index contributed by atoms with van der Waals surface area (Å²) in [5.74, 6) is -0.0972. The average molecular weight is 306 g/mol. The van der Waals surface area contributed by atoms with Gasteiger partial charge in [0.15, 0.2) is 0 Å². The Hall–Kier alpha value is -1.88. The highest BCUT2D eigenvalue weighted by atomic mass is 16.5. The normalized spacial score (nSPS) is 10.4. The van der Waals surface area contributed by atoms with E-state index in [0.717, 1.165) is 17.5 Å². The fraction of sp³-hybridized carbons (Fsp3) is 0.529. The molecule has 1 aromatic rings. The van der Waals surface area contributed by atoms with Gasteiger partial charge in [-0.05, 0) is 43.5 Å². The molecule has 5 heteroatoms. The maximum atomic E-state index is 12.1. The first-order valence-electron chi connectivity index (χ1n) is 7.55. The third kappa shape index (κ3) is 5.85. The van der Waals surface area contributed by atoms with Crippen LogP contribution in [0.2, 0.25) is 0 Å². The molecule has 0 spiro atoms. The Labute approximate surface area is 132 Å². The van der Waals surface area contributed by atoms with Crippen LogP contribution in [-0.2, 0) is 9.53 Å². The van der Waals surface area contributed by atoms with Crippen LogP contribution < -0.4 is 5.32 Å². The van der Waals surface area contributed by atoms with Crippen molar-refractivity contribution in [3.63, 3.8) is 0 Å². The van der Waals surface area contributed by atoms with Crippen LogP contribution in [0.1, 0.15) is 34.8 Å². The van der Waals surface area contributed by atoms with Gasteiger partial charge in [0.05, 0.1) is 0 Å². The molecule has 0 aliphatic heterocycles. The van der Waals surface area contributed by atoms with Crippen LogP contribution in [-0.4, -0.2) is 50.1 Å². The average Bonchev–Trinajstić information content (AvgIpc) is 2.48. The van der Waals surface area contributed by atoms with Gasteiger partial charge in [0.2, 0.25) is 5.91 Å². The van der Waals surface area contributed by atoms with E-state index in [1.54, 1.807) is 12.0 Å². The fourth-order valence-electron chi connectivity index (χ4n) is 2.12. The third-order valence-corrected chi connectivity index (χ3v) is 3.66. The molecule has 122 valence electrons. The summed E-state index contributed by atoms with van der Waals surface area (Å²) < 4.78 is 4.99. The zero-order valence-corrected chi connectivity index (χ0v) is 13.9. The molecule has 5 nitrogen and oxygen atoms in total. The van der Waals surface area contributed by atoms with Crippen molar-refractivity contribution in [2.45, 2.75) is 27.2 Å². The standard InChI is InChI=1S/C17H26N2O3/c1-13-6-7-16(12-14(13)2)17(21)18-8-10-19(15(3)20)9-5-11-22-4/h6-7,12H,5,8-11H2,1-4H3,(H,18,21). The lowest BCUT2D eigenvalue weighted by Gasteiger charge is -2.21. The van der Waals surface area contributed by atoms with Gasteiger partial charge in [-0.1, -0.05) is 6.07 Å². The minimum Gasteiger partial charge on any atom is -0.385 e. The maximum Gasteiger partial charge on any atom is 0.251 e. The van der Waals surface area contributed by atoms with Crippen molar-refractivity contribution in [3.8, 4) is 0 Å². The third-order valence-electron chi connectivity index (χ3n) is 3.66. The monoisotopic (exact) mass is 306 g/mol. The highest BCUT2D eigenvalue weighted by Gasteiger charge is 2.10. The van der Waals surface area contributed by atoms with Crippen LogP contribution in [0.3, 0.4) is 0 Å². The van der Waals surface area contributed by atoms with Gasteiger partial charge in [0, 0.05) is 45.8 Å². The molecule has 0 saturated heterocycles. The first-order valence-corrected chi connectivity index (χ1v) is 7.55. The van der Waals surface area contributed by atoms with Crippen LogP contribution in [0.4, 0.5) is 0 Å². The van der Waals surface area contributed by atoms with Crippen molar-refractivity contribution in [3.05, 3.63) is 34.9 Å². The van der Waals surface area contributed by atoms with Gasteiger partial charge in [-0.15, -0.1) is 0 Å². The summed E-state index contributed by atoms with van der Waals surface area (Å²) in [6, 6.07) is 5.64. The lowest BCUT2D eigenvalue weighted by atomic mass is 10.1. The van der Waals surface area contributed by atoms with Crippen LogP contribution in [0.5, 0.6) is 0 Å². The Balaban J connectivity index is 2.45. The number of carbonyl (C=O) groups excluding carboxylic acids is 2. The van der Waals surface area contributed by atoms with Gasteiger partial charge in [-0.25, -0.2) is 0 Å². The lowest BCUT2D eigenvalue weighted by Crippen LogP contribution is -2.38. The summed E-state index contributed by atoms with van der Waals surface area (Å²) in [5.41, 5.74) is 2.91. The largest absolute Gasteiger partial charge is 0.385 e. The molecule has 0 atom stereocenters. The number of benzene rings is 1. The second-order valence-electron chi connectivity index (χ2n) is 5.41. The van der Waals surface area contributed by atoms with Crippen molar-refractivity contribution in [1.29, 1.82) is 0 Å². The van der Waals surface area contributed by atoms with Crippen LogP contribution in [0.15, 0.2) is 18.2 Å². The van der Waals surface area contributed by atoms with Crippen LogP contribution in [0, 0.1) is 13.8 Å². The second-order valence-corrected chi connectivity index (χ2v) is 5.41. The smallest absolute Gasteiger partial charge is 0.251 e. The number of nitrogens with one attached hydrogen (secondary N) is 1. The van der Waals surface area contributed by atoms with E-state index in [9.17, 15) is 9.59 Å². The van der Waals surface area contributed by atoms with Crippen molar-refractivity contribution in [2.24, 2.45) is 0 Å². The number of amides is 2. The molecule has 1 N–H and O–H groups in total. The van der Waals surface area contributed by atoms with E-state index < -0.39 is 0 Å². The predicted octanol–water partition coefficient (Wildman–Crippen LogP) is 1.92. The Morgan fingerprint density at radius 1 is 1.18 bits per heavy atom. The fourth-order valence-corrected chi connectivity index (χ4v) is 2.12. The predicted molar refractivity (Wildman–Crippen MR) is 87.0 cm³/mol. The zero-order valence-electron chi connectivity index (χ0n) is 13.9. The molecule has 0 aliphatic rings. The number of ether oxygens (including phenoxy) is 1. The van der Waals surface area contributed by atoms with Crippen LogP contribution in [0.25, 0.3) is 0 Å². The van der Waals surface area contributed by atoms with Gasteiger partial charge in [0.25, 0.3) is 5.91 Å². The number of aryl methyl sites for hydroxylation is 2. The van der Waals surface area contributed by atoms with Crippen molar-refractivity contribution in [1.82, 2.24) is 10.2 Å². The molecule has 0 saturated carbocycles. The number of rotatable bonds is 8. The summed E-state index contributed by atoms with van der Waals surface area (Å²) in [7, 11) is 1.64. The minimum absolute atomic E-state index is 0.0107. The summed E-state index contributed by atoms with van der Waals surface area (Å²) in [4.78, 5) is 25.3. The number of methoxy groups -OCH3 is 1. The molecule has 0 heterocycles. The Kier molecular flexibility index (Phi) is 7.60. The Bertz CT molecular complexity index is 515. The minimum atomic E-state index is -0.108. The van der Waals surface area contributed by atoms with Gasteiger partial charge < -0.3 is 15.0 Å². The topological polar surface area (TPSA) is 58.6 Å².